The first-order chi connectivity index (χ1) is 9.51. The van der Waals surface area contributed by atoms with Crippen LogP contribution in [0.25, 0.3) is 0 Å². The summed E-state index contributed by atoms with van der Waals surface area (Å²) in [6, 6.07) is 6.73. The molecule has 0 spiro atoms. The van der Waals surface area contributed by atoms with Crippen molar-refractivity contribution in [2.45, 2.75) is 6.92 Å². The number of aromatic nitrogens is 1. The molecule has 0 atom stereocenters. The van der Waals surface area contributed by atoms with Crippen molar-refractivity contribution in [2.75, 3.05) is 12.4 Å². The minimum atomic E-state index is -1.05. The topological polar surface area (TPSA) is 71.5 Å². The van der Waals surface area contributed by atoms with Crippen molar-refractivity contribution in [1.29, 1.82) is 0 Å². The first-order valence-corrected chi connectivity index (χ1v) is 6.19. The number of carboxylic acid groups (broad SMARTS) is 1. The number of methoxy groups -OCH3 is 1. The van der Waals surface area contributed by atoms with Crippen molar-refractivity contribution in [1.82, 2.24) is 4.98 Å². The van der Waals surface area contributed by atoms with E-state index in [4.69, 9.17) is 16.3 Å². The van der Waals surface area contributed by atoms with Gasteiger partial charge in [-0.05, 0) is 31.2 Å². The van der Waals surface area contributed by atoms with Crippen molar-refractivity contribution < 1.29 is 14.6 Å². The molecule has 6 heteroatoms. The summed E-state index contributed by atoms with van der Waals surface area (Å²) in [7, 11) is 1.53. The lowest BCUT2D eigenvalue weighted by Crippen LogP contribution is -2.05. The molecule has 0 bridgehead atoms. The largest absolute Gasteiger partial charge is 0.495 e. The van der Waals surface area contributed by atoms with Crippen LogP contribution in [0, 0.1) is 6.92 Å². The highest BCUT2D eigenvalue weighted by molar-refractivity contribution is 6.31. The van der Waals surface area contributed by atoms with Crippen LogP contribution in [0.3, 0.4) is 0 Å². The fourth-order valence-corrected chi connectivity index (χ4v) is 1.93. The summed E-state index contributed by atoms with van der Waals surface area (Å²) in [5.41, 5.74) is 1.81. The Morgan fingerprint density at radius 3 is 2.75 bits per heavy atom. The molecule has 0 fully saturated rings. The second-order valence-electron chi connectivity index (χ2n) is 4.15. The van der Waals surface area contributed by atoms with Crippen molar-refractivity contribution in [2.24, 2.45) is 0 Å². The van der Waals surface area contributed by atoms with E-state index >= 15 is 0 Å². The highest BCUT2D eigenvalue weighted by atomic mass is 35.5. The first-order valence-electron chi connectivity index (χ1n) is 5.81. The third-order valence-corrected chi connectivity index (χ3v) is 2.94. The number of nitrogens with one attached hydrogen (secondary N) is 1. The average molecular weight is 293 g/mol. The third kappa shape index (κ3) is 3.00. The fraction of sp³-hybridized carbons (Fsp3) is 0.143. The number of aryl methyl sites for hydroxylation is 1. The van der Waals surface area contributed by atoms with Crippen LogP contribution in [0.5, 0.6) is 5.75 Å². The van der Waals surface area contributed by atoms with E-state index in [0.29, 0.717) is 27.8 Å². The molecule has 2 rings (SSSR count). The van der Waals surface area contributed by atoms with Crippen molar-refractivity contribution in [3.8, 4) is 5.75 Å². The van der Waals surface area contributed by atoms with Gasteiger partial charge in [0.2, 0.25) is 0 Å². The predicted octanol–water partition coefficient (Wildman–Crippen LogP) is 3.49. The summed E-state index contributed by atoms with van der Waals surface area (Å²) in [6.45, 7) is 1.78. The Balaban J connectivity index is 2.46. The quantitative estimate of drug-likeness (QED) is 0.902. The zero-order chi connectivity index (χ0) is 14.7. The smallest absolute Gasteiger partial charge is 0.339 e. The van der Waals surface area contributed by atoms with E-state index in [1.54, 1.807) is 31.2 Å². The maximum atomic E-state index is 11.2. The lowest BCUT2D eigenvalue weighted by atomic mass is 10.2. The van der Waals surface area contributed by atoms with E-state index in [0.717, 1.165) is 0 Å². The van der Waals surface area contributed by atoms with Gasteiger partial charge < -0.3 is 15.2 Å². The fourth-order valence-electron chi connectivity index (χ4n) is 1.76. The predicted molar refractivity (Wildman–Crippen MR) is 77.2 cm³/mol. The van der Waals surface area contributed by atoms with Gasteiger partial charge in [-0.3, -0.25) is 4.98 Å². The number of benzene rings is 1. The molecular formula is C14H13ClN2O3. The number of ether oxygens (including phenoxy) is 1. The Labute approximate surface area is 121 Å². The number of pyridine rings is 1. The third-order valence-electron chi connectivity index (χ3n) is 2.70. The van der Waals surface area contributed by atoms with Crippen LogP contribution in [-0.4, -0.2) is 23.2 Å². The van der Waals surface area contributed by atoms with Crippen LogP contribution >= 0.6 is 11.6 Å². The average Bonchev–Trinajstić information content (AvgIpc) is 2.38. The number of anilines is 2. The molecule has 0 amide bonds. The molecule has 104 valence electrons. The van der Waals surface area contributed by atoms with Crippen LogP contribution < -0.4 is 10.1 Å². The van der Waals surface area contributed by atoms with Gasteiger partial charge in [0.15, 0.2) is 0 Å². The second kappa shape index (κ2) is 5.79. The number of nitrogens with zero attached hydrogens (tertiary/aromatic N) is 1. The summed E-state index contributed by atoms with van der Waals surface area (Å²) in [4.78, 5) is 15.2. The maximum Gasteiger partial charge on any atom is 0.339 e. The van der Waals surface area contributed by atoms with Crippen molar-refractivity contribution >= 4 is 28.9 Å². The van der Waals surface area contributed by atoms with Crippen LogP contribution in [0.15, 0.2) is 30.5 Å². The highest BCUT2D eigenvalue weighted by Gasteiger charge is 2.13. The number of rotatable bonds is 4. The SMILES string of the molecule is COc1ccc(Cl)cc1Nc1cc(C)ncc1C(=O)O. The zero-order valence-electron chi connectivity index (χ0n) is 11.0. The minimum absolute atomic E-state index is 0.0811. The van der Waals surface area contributed by atoms with E-state index in [1.165, 1.54) is 13.3 Å². The molecule has 0 aliphatic carbocycles. The second-order valence-corrected chi connectivity index (χ2v) is 4.58. The maximum absolute atomic E-state index is 11.2. The van der Waals surface area contributed by atoms with Crippen molar-refractivity contribution in [3.05, 3.63) is 46.7 Å². The number of halogens is 1. The van der Waals surface area contributed by atoms with Gasteiger partial charge in [0, 0.05) is 16.9 Å². The van der Waals surface area contributed by atoms with E-state index in [2.05, 4.69) is 10.3 Å². The number of hydrogen-bond acceptors (Lipinski definition) is 4. The Kier molecular flexibility index (Phi) is 4.10. The molecule has 20 heavy (non-hydrogen) atoms. The van der Waals surface area contributed by atoms with Gasteiger partial charge in [-0.1, -0.05) is 11.6 Å². The van der Waals surface area contributed by atoms with Gasteiger partial charge in [-0.25, -0.2) is 4.79 Å². The van der Waals surface area contributed by atoms with E-state index < -0.39 is 5.97 Å². The summed E-state index contributed by atoms with van der Waals surface area (Å²) in [5, 5.41) is 12.7. The van der Waals surface area contributed by atoms with E-state index in [1.807, 2.05) is 0 Å². The molecular weight excluding hydrogens is 280 g/mol. The van der Waals surface area contributed by atoms with Crippen LogP contribution in [0.1, 0.15) is 16.1 Å². The summed E-state index contributed by atoms with van der Waals surface area (Å²) in [6.07, 6.45) is 1.32. The molecule has 1 heterocycles. The molecule has 0 saturated heterocycles. The van der Waals surface area contributed by atoms with Gasteiger partial charge in [0.25, 0.3) is 0 Å². The molecule has 0 aliphatic heterocycles. The number of hydrogen-bond donors (Lipinski definition) is 2. The summed E-state index contributed by atoms with van der Waals surface area (Å²) < 4.78 is 5.22. The molecule has 0 radical (unpaired) electrons. The lowest BCUT2D eigenvalue weighted by molar-refractivity contribution is 0.0697. The summed E-state index contributed by atoms with van der Waals surface area (Å²) in [5.74, 6) is -0.485. The first kappa shape index (κ1) is 14.1. The number of carbonyl (C=O) groups is 1. The molecule has 0 aliphatic rings. The number of carboxylic acids is 1. The molecule has 1 aromatic heterocycles. The van der Waals surface area contributed by atoms with E-state index in [-0.39, 0.29) is 5.56 Å². The molecule has 1 aromatic carbocycles. The molecule has 0 saturated carbocycles. The van der Waals surface area contributed by atoms with Gasteiger partial charge >= 0.3 is 5.97 Å². The van der Waals surface area contributed by atoms with Gasteiger partial charge in [0.05, 0.1) is 18.5 Å². The Hall–Kier alpha value is -2.27. The molecule has 5 nitrogen and oxygen atoms in total. The van der Waals surface area contributed by atoms with Gasteiger partial charge in [-0.2, -0.15) is 0 Å². The van der Waals surface area contributed by atoms with Gasteiger partial charge in [-0.15, -0.1) is 0 Å². The Morgan fingerprint density at radius 1 is 1.35 bits per heavy atom. The number of aromatic carboxylic acids is 1. The molecule has 2 N–H and O–H groups in total. The highest BCUT2D eigenvalue weighted by Crippen LogP contribution is 2.31. The standard InChI is InChI=1S/C14H13ClN2O3/c1-8-5-11(10(7-16-8)14(18)19)17-12-6-9(15)3-4-13(12)20-2/h3-7H,1-2H3,(H,16,17)(H,18,19). The normalized spacial score (nSPS) is 10.2. The van der Waals surface area contributed by atoms with Crippen LogP contribution in [0.2, 0.25) is 5.02 Å². The minimum Gasteiger partial charge on any atom is -0.495 e. The van der Waals surface area contributed by atoms with Crippen LogP contribution in [-0.2, 0) is 0 Å². The lowest BCUT2D eigenvalue weighted by Gasteiger charge is -2.13. The molecule has 2 aromatic rings. The van der Waals surface area contributed by atoms with Crippen molar-refractivity contribution in [3.63, 3.8) is 0 Å². The Bertz CT molecular complexity index is 659. The van der Waals surface area contributed by atoms with Crippen LogP contribution in [0.4, 0.5) is 11.4 Å². The summed E-state index contributed by atoms with van der Waals surface area (Å²) >= 11 is 5.95. The monoisotopic (exact) mass is 292 g/mol. The van der Waals surface area contributed by atoms with Gasteiger partial charge in [0.1, 0.15) is 11.3 Å². The zero-order valence-corrected chi connectivity index (χ0v) is 11.7. The molecule has 0 unspecified atom stereocenters. The van der Waals surface area contributed by atoms with E-state index in [9.17, 15) is 9.90 Å². The Morgan fingerprint density at radius 2 is 2.10 bits per heavy atom.